The fourth-order valence-corrected chi connectivity index (χ4v) is 1.55. The van der Waals surface area contributed by atoms with Crippen LogP contribution in [-0.2, 0) is 17.5 Å². The zero-order chi connectivity index (χ0) is 16.5. The minimum Gasteiger partial charge on any atom is -0.477 e. The predicted molar refractivity (Wildman–Crippen MR) is 63.9 cm³/mol. The number of anilines is 1. The molecule has 0 fully saturated rings. The number of hydrogen-bond donors (Lipinski definition) is 3. The van der Waals surface area contributed by atoms with E-state index in [1.165, 1.54) is 6.92 Å². The molecule has 0 radical (unpaired) electrons. The average molecular weight is 318 g/mol. The first-order valence-corrected chi connectivity index (χ1v) is 5.73. The van der Waals surface area contributed by atoms with Gasteiger partial charge in [-0.3, -0.25) is 9.89 Å². The lowest BCUT2D eigenvalue weighted by Gasteiger charge is -2.03. The summed E-state index contributed by atoms with van der Waals surface area (Å²) in [6, 6.07) is 0. The number of carboxylic acid groups (broad SMARTS) is 1. The summed E-state index contributed by atoms with van der Waals surface area (Å²) in [7, 11) is 0. The number of carbonyl (C=O) groups is 2. The van der Waals surface area contributed by atoms with Crippen molar-refractivity contribution in [1.82, 2.24) is 25.0 Å². The fraction of sp³-hybridized carbons (Fsp3) is 0.300. The fourth-order valence-electron chi connectivity index (χ4n) is 1.55. The van der Waals surface area contributed by atoms with E-state index in [-0.39, 0.29) is 17.1 Å². The molecule has 0 aliphatic rings. The third-order valence-electron chi connectivity index (χ3n) is 2.58. The normalized spacial score (nSPS) is 11.5. The summed E-state index contributed by atoms with van der Waals surface area (Å²) < 4.78 is 37.6. The second-order valence-corrected chi connectivity index (χ2v) is 4.19. The number of halogens is 3. The number of carbonyl (C=O) groups excluding carboxylic acids is 1. The van der Waals surface area contributed by atoms with Crippen molar-refractivity contribution < 1.29 is 27.9 Å². The van der Waals surface area contributed by atoms with Crippen LogP contribution in [0.5, 0.6) is 0 Å². The summed E-state index contributed by atoms with van der Waals surface area (Å²) in [5.41, 5.74) is -0.00849. The molecule has 2 heterocycles. The summed E-state index contributed by atoms with van der Waals surface area (Å²) in [5, 5.41) is 20.0. The Morgan fingerprint density at radius 3 is 2.64 bits per heavy atom. The SMILES string of the molecule is Cc1c(NC(=O)Cn2cnc(C(F)(F)F)n2)n[nH]c1C(=O)O. The van der Waals surface area contributed by atoms with E-state index < -0.39 is 30.4 Å². The van der Waals surface area contributed by atoms with Crippen molar-refractivity contribution in [3.05, 3.63) is 23.4 Å². The molecule has 0 spiro atoms. The standard InChI is InChI=1S/C10H9F3N6O3/c1-4-6(8(21)22)16-17-7(4)15-5(20)2-19-3-14-9(18-19)10(11,12)13/h3H,2H2,1H3,(H,21,22)(H2,15,16,17,20). The van der Waals surface area contributed by atoms with Gasteiger partial charge in [0.05, 0.1) is 0 Å². The molecule has 0 aliphatic carbocycles. The molecule has 22 heavy (non-hydrogen) atoms. The lowest BCUT2D eigenvalue weighted by atomic mass is 10.2. The molecule has 118 valence electrons. The van der Waals surface area contributed by atoms with E-state index in [4.69, 9.17) is 5.11 Å². The number of carboxylic acids is 1. The van der Waals surface area contributed by atoms with E-state index in [0.29, 0.717) is 4.68 Å². The summed E-state index contributed by atoms with van der Waals surface area (Å²) >= 11 is 0. The van der Waals surface area contributed by atoms with Crippen molar-refractivity contribution in [1.29, 1.82) is 0 Å². The number of aromatic carboxylic acids is 1. The molecular formula is C10H9F3N6O3. The zero-order valence-corrected chi connectivity index (χ0v) is 11.0. The molecule has 0 saturated carbocycles. The van der Waals surface area contributed by atoms with Crippen LogP contribution in [0.15, 0.2) is 6.33 Å². The molecule has 2 aromatic rings. The monoisotopic (exact) mass is 318 g/mol. The highest BCUT2D eigenvalue weighted by Crippen LogP contribution is 2.25. The lowest BCUT2D eigenvalue weighted by Crippen LogP contribution is -2.20. The van der Waals surface area contributed by atoms with Gasteiger partial charge in [-0.05, 0) is 6.92 Å². The molecule has 0 unspecified atom stereocenters. The van der Waals surface area contributed by atoms with Gasteiger partial charge in [-0.2, -0.15) is 18.3 Å². The van der Waals surface area contributed by atoms with E-state index in [0.717, 1.165) is 6.33 Å². The Morgan fingerprint density at radius 1 is 1.45 bits per heavy atom. The topological polar surface area (TPSA) is 126 Å². The van der Waals surface area contributed by atoms with Crippen LogP contribution in [0.25, 0.3) is 0 Å². The van der Waals surface area contributed by atoms with Gasteiger partial charge in [0.15, 0.2) is 5.82 Å². The molecule has 2 rings (SSSR count). The van der Waals surface area contributed by atoms with Gasteiger partial charge in [-0.25, -0.2) is 14.5 Å². The zero-order valence-electron chi connectivity index (χ0n) is 11.0. The van der Waals surface area contributed by atoms with Crippen LogP contribution in [0, 0.1) is 6.92 Å². The second-order valence-electron chi connectivity index (χ2n) is 4.19. The maximum atomic E-state index is 12.3. The van der Waals surface area contributed by atoms with Crippen molar-refractivity contribution in [3.63, 3.8) is 0 Å². The highest BCUT2D eigenvalue weighted by Gasteiger charge is 2.35. The third-order valence-corrected chi connectivity index (χ3v) is 2.58. The Balaban J connectivity index is 2.05. The summed E-state index contributed by atoms with van der Waals surface area (Å²) in [6.45, 7) is 0.886. The van der Waals surface area contributed by atoms with Crippen LogP contribution in [0.1, 0.15) is 21.9 Å². The van der Waals surface area contributed by atoms with Crippen molar-refractivity contribution in [3.8, 4) is 0 Å². The lowest BCUT2D eigenvalue weighted by molar-refractivity contribution is -0.145. The van der Waals surface area contributed by atoms with E-state index in [1.54, 1.807) is 0 Å². The summed E-state index contributed by atoms with van der Waals surface area (Å²) in [6.07, 6.45) is -3.93. The predicted octanol–water partition coefficient (Wildman–Crippen LogP) is 0.665. The largest absolute Gasteiger partial charge is 0.477 e. The molecule has 0 aromatic carbocycles. The number of H-pyrrole nitrogens is 1. The first-order chi connectivity index (χ1) is 10.2. The van der Waals surface area contributed by atoms with Crippen LogP contribution >= 0.6 is 0 Å². The first kappa shape index (κ1) is 15.5. The summed E-state index contributed by atoms with van der Waals surface area (Å²) in [5.74, 6) is -3.37. The van der Waals surface area contributed by atoms with Crippen LogP contribution in [0.2, 0.25) is 0 Å². The molecular weight excluding hydrogens is 309 g/mol. The Bertz CT molecular complexity index is 720. The number of hydrogen-bond acceptors (Lipinski definition) is 5. The molecule has 0 atom stereocenters. The van der Waals surface area contributed by atoms with Crippen LogP contribution < -0.4 is 5.32 Å². The number of nitrogens with one attached hydrogen (secondary N) is 2. The molecule has 2 aromatic heterocycles. The first-order valence-electron chi connectivity index (χ1n) is 5.73. The van der Waals surface area contributed by atoms with E-state index in [1.807, 2.05) is 0 Å². The van der Waals surface area contributed by atoms with Gasteiger partial charge in [0.25, 0.3) is 5.82 Å². The number of alkyl halides is 3. The van der Waals surface area contributed by atoms with E-state index >= 15 is 0 Å². The maximum Gasteiger partial charge on any atom is 0.453 e. The van der Waals surface area contributed by atoms with Gasteiger partial charge < -0.3 is 10.4 Å². The van der Waals surface area contributed by atoms with Crippen molar-refractivity contribution in [2.45, 2.75) is 19.6 Å². The molecule has 0 bridgehead atoms. The Kier molecular flexibility index (Phi) is 3.84. The minimum atomic E-state index is -4.70. The molecule has 1 amide bonds. The van der Waals surface area contributed by atoms with Crippen LogP contribution in [0.4, 0.5) is 19.0 Å². The number of nitrogens with zero attached hydrogens (tertiary/aromatic N) is 4. The number of amides is 1. The van der Waals surface area contributed by atoms with Crippen molar-refractivity contribution >= 4 is 17.7 Å². The quantitative estimate of drug-likeness (QED) is 0.760. The van der Waals surface area contributed by atoms with Crippen LogP contribution in [0.3, 0.4) is 0 Å². The smallest absolute Gasteiger partial charge is 0.453 e. The number of rotatable bonds is 4. The average Bonchev–Trinajstić information content (AvgIpc) is 2.97. The van der Waals surface area contributed by atoms with E-state index in [2.05, 4.69) is 25.6 Å². The summed E-state index contributed by atoms with van der Waals surface area (Å²) in [4.78, 5) is 25.5. The molecule has 12 heteroatoms. The second kappa shape index (κ2) is 5.46. The molecule has 9 nitrogen and oxygen atoms in total. The number of aromatic amines is 1. The van der Waals surface area contributed by atoms with Gasteiger partial charge in [0, 0.05) is 5.56 Å². The van der Waals surface area contributed by atoms with Gasteiger partial charge in [0.2, 0.25) is 5.91 Å². The van der Waals surface area contributed by atoms with Crippen LogP contribution in [-0.4, -0.2) is 41.9 Å². The molecule has 0 saturated heterocycles. The van der Waals surface area contributed by atoms with E-state index in [9.17, 15) is 22.8 Å². The van der Waals surface area contributed by atoms with Gasteiger partial charge in [-0.1, -0.05) is 0 Å². The molecule has 0 aliphatic heterocycles. The Labute approximate surface area is 120 Å². The third kappa shape index (κ3) is 3.21. The molecule has 3 N–H and O–H groups in total. The van der Waals surface area contributed by atoms with Gasteiger partial charge >= 0.3 is 12.1 Å². The highest BCUT2D eigenvalue weighted by atomic mass is 19.4. The van der Waals surface area contributed by atoms with Gasteiger partial charge in [0.1, 0.15) is 18.6 Å². The maximum absolute atomic E-state index is 12.3. The van der Waals surface area contributed by atoms with Gasteiger partial charge in [-0.15, -0.1) is 5.10 Å². The van der Waals surface area contributed by atoms with Crippen molar-refractivity contribution in [2.75, 3.05) is 5.32 Å². The Hall–Kier alpha value is -2.92. The highest BCUT2D eigenvalue weighted by molar-refractivity contribution is 5.93. The van der Waals surface area contributed by atoms with Crippen molar-refractivity contribution in [2.24, 2.45) is 0 Å². The Morgan fingerprint density at radius 2 is 2.14 bits per heavy atom. The number of aromatic nitrogens is 5. The minimum absolute atomic E-state index is 0.0291.